The van der Waals surface area contributed by atoms with Gasteiger partial charge >= 0.3 is 0 Å². The Morgan fingerprint density at radius 3 is 2.31 bits per heavy atom. The third kappa shape index (κ3) is 3.88. The van der Waals surface area contributed by atoms with Gasteiger partial charge in [0.05, 0.1) is 16.9 Å². The molecule has 0 fully saturated rings. The third-order valence-corrected chi connectivity index (χ3v) is 7.91. The topological polar surface area (TPSA) is 101 Å². The number of sulfonamides is 2. The van der Waals surface area contributed by atoms with Gasteiger partial charge in [0, 0.05) is 20.1 Å². The molecule has 0 unspecified atom stereocenters. The van der Waals surface area contributed by atoms with Gasteiger partial charge in [-0.1, -0.05) is 31.5 Å². The van der Waals surface area contributed by atoms with Crippen LogP contribution in [0.4, 0.5) is 5.69 Å². The number of halogens is 1. The molecule has 0 spiro atoms. The van der Waals surface area contributed by atoms with Gasteiger partial charge in [-0.2, -0.15) is 12.7 Å². The van der Waals surface area contributed by atoms with Crippen molar-refractivity contribution >= 4 is 37.3 Å². The van der Waals surface area contributed by atoms with E-state index in [1.165, 1.54) is 27.3 Å². The van der Waals surface area contributed by atoms with Crippen LogP contribution in [-0.2, 0) is 27.1 Å². The molecule has 0 radical (unpaired) electrons. The van der Waals surface area contributed by atoms with E-state index in [1.54, 1.807) is 33.9 Å². The van der Waals surface area contributed by atoms with Gasteiger partial charge in [0.1, 0.15) is 5.15 Å². The van der Waals surface area contributed by atoms with Crippen LogP contribution in [0.25, 0.3) is 0 Å². The Balaban J connectivity index is 2.46. The average Bonchev–Trinajstić information content (AvgIpc) is 2.90. The summed E-state index contributed by atoms with van der Waals surface area (Å²) in [6.45, 7) is 5.78. The first kappa shape index (κ1) is 20.7. The van der Waals surface area contributed by atoms with Crippen LogP contribution in [0.15, 0.2) is 34.4 Å². The molecule has 0 atom stereocenters. The lowest BCUT2D eigenvalue weighted by Crippen LogP contribution is -2.31. The van der Waals surface area contributed by atoms with Crippen LogP contribution in [0.1, 0.15) is 19.4 Å². The number of aryl methyl sites for hydroxylation is 2. The number of hydrogen-bond donors (Lipinski definition) is 1. The van der Waals surface area contributed by atoms with E-state index in [2.05, 4.69) is 9.71 Å². The molecule has 0 aliphatic carbocycles. The quantitative estimate of drug-likeness (QED) is 0.739. The molecule has 0 amide bonds. The summed E-state index contributed by atoms with van der Waals surface area (Å²) < 4.78 is 55.5. The molecule has 0 aliphatic rings. The molecule has 1 aromatic carbocycles. The Bertz CT molecular complexity index is 1010. The standard InChI is InChI=1S/C15H21ClN4O4S2/c1-5-20(6-2)26(23,24)13-9-12(8-7-11(13)3)18-25(21,22)15-14(16)19(4)10-17-15/h7-10,18H,5-6H2,1-4H3. The monoisotopic (exact) mass is 420 g/mol. The molecular weight excluding hydrogens is 400 g/mol. The van der Waals surface area contributed by atoms with Gasteiger partial charge in [-0.25, -0.2) is 13.4 Å². The molecule has 0 saturated carbocycles. The molecule has 26 heavy (non-hydrogen) atoms. The van der Waals surface area contributed by atoms with Crippen LogP contribution in [-0.4, -0.2) is 43.8 Å². The van der Waals surface area contributed by atoms with E-state index in [0.717, 1.165) is 0 Å². The molecule has 0 bridgehead atoms. The molecule has 1 heterocycles. The summed E-state index contributed by atoms with van der Waals surface area (Å²) in [7, 11) is -6.21. The number of benzene rings is 1. The number of nitrogens with zero attached hydrogens (tertiary/aromatic N) is 3. The molecule has 1 N–H and O–H groups in total. The summed E-state index contributed by atoms with van der Waals surface area (Å²) in [6.07, 6.45) is 1.28. The van der Waals surface area contributed by atoms with Gasteiger partial charge < -0.3 is 4.57 Å². The van der Waals surface area contributed by atoms with Crippen molar-refractivity contribution < 1.29 is 16.8 Å². The van der Waals surface area contributed by atoms with E-state index in [-0.39, 0.29) is 20.8 Å². The Kier molecular flexibility index (Phi) is 6.01. The van der Waals surface area contributed by atoms with Crippen molar-refractivity contribution in [3.63, 3.8) is 0 Å². The summed E-state index contributed by atoms with van der Waals surface area (Å²) in [5.74, 6) is 0. The molecule has 8 nitrogen and oxygen atoms in total. The minimum atomic E-state index is -4.05. The zero-order chi connectivity index (χ0) is 19.7. The fourth-order valence-corrected chi connectivity index (χ4v) is 5.61. The second kappa shape index (κ2) is 7.55. The van der Waals surface area contributed by atoms with Gasteiger partial charge in [-0.15, -0.1) is 0 Å². The normalized spacial score (nSPS) is 12.5. The maximum atomic E-state index is 12.8. The minimum absolute atomic E-state index is 0.0411. The van der Waals surface area contributed by atoms with E-state index >= 15 is 0 Å². The number of hydrogen-bond acceptors (Lipinski definition) is 5. The molecule has 0 aliphatic heterocycles. The van der Waals surface area contributed by atoms with E-state index in [1.807, 2.05) is 0 Å². The SMILES string of the molecule is CCN(CC)S(=O)(=O)c1cc(NS(=O)(=O)c2ncn(C)c2Cl)ccc1C. The van der Waals surface area contributed by atoms with Crippen molar-refractivity contribution in [1.82, 2.24) is 13.9 Å². The van der Waals surface area contributed by atoms with Gasteiger partial charge in [-0.3, -0.25) is 4.72 Å². The first-order valence-corrected chi connectivity index (χ1v) is 11.1. The van der Waals surface area contributed by atoms with Gasteiger partial charge in [0.2, 0.25) is 15.0 Å². The van der Waals surface area contributed by atoms with Crippen LogP contribution in [0, 0.1) is 6.92 Å². The third-order valence-electron chi connectivity index (χ3n) is 3.85. The number of rotatable bonds is 7. The smallest absolute Gasteiger partial charge is 0.282 e. The highest BCUT2D eigenvalue weighted by atomic mass is 35.5. The summed E-state index contributed by atoms with van der Waals surface area (Å²) >= 11 is 5.95. The minimum Gasteiger partial charge on any atom is -0.324 e. The molecule has 11 heteroatoms. The maximum absolute atomic E-state index is 12.8. The zero-order valence-electron chi connectivity index (χ0n) is 14.9. The van der Waals surface area contributed by atoms with Crippen molar-refractivity contribution in [3.8, 4) is 0 Å². The van der Waals surface area contributed by atoms with Crippen molar-refractivity contribution in [1.29, 1.82) is 0 Å². The summed E-state index contributed by atoms with van der Waals surface area (Å²) in [6, 6.07) is 4.34. The zero-order valence-corrected chi connectivity index (χ0v) is 17.3. The van der Waals surface area contributed by atoms with Crippen LogP contribution < -0.4 is 4.72 Å². The highest BCUT2D eigenvalue weighted by Gasteiger charge is 2.26. The van der Waals surface area contributed by atoms with E-state index in [9.17, 15) is 16.8 Å². The maximum Gasteiger partial charge on any atom is 0.282 e. The van der Waals surface area contributed by atoms with Crippen LogP contribution in [0.3, 0.4) is 0 Å². The average molecular weight is 421 g/mol. The van der Waals surface area contributed by atoms with E-state index in [0.29, 0.717) is 18.7 Å². The second-order valence-corrected chi connectivity index (χ2v) is 9.49. The molecule has 2 rings (SSSR count). The van der Waals surface area contributed by atoms with E-state index < -0.39 is 20.0 Å². The van der Waals surface area contributed by atoms with Crippen molar-refractivity contribution in [2.24, 2.45) is 7.05 Å². The fraction of sp³-hybridized carbons (Fsp3) is 0.400. The highest BCUT2D eigenvalue weighted by molar-refractivity contribution is 7.92. The van der Waals surface area contributed by atoms with Crippen molar-refractivity contribution in [2.45, 2.75) is 30.7 Å². The summed E-state index contributed by atoms with van der Waals surface area (Å²) in [5, 5.41) is -0.365. The fourth-order valence-electron chi connectivity index (χ4n) is 2.42. The number of nitrogens with one attached hydrogen (secondary N) is 1. The largest absolute Gasteiger partial charge is 0.324 e. The molecule has 0 saturated heterocycles. The first-order chi connectivity index (χ1) is 12.0. The lowest BCUT2D eigenvalue weighted by molar-refractivity contribution is 0.445. The predicted octanol–water partition coefficient (Wildman–Crippen LogP) is 2.21. The number of aromatic nitrogens is 2. The Hall–Kier alpha value is -1.62. The van der Waals surface area contributed by atoms with Crippen LogP contribution in [0.2, 0.25) is 5.15 Å². The lowest BCUT2D eigenvalue weighted by atomic mass is 10.2. The van der Waals surface area contributed by atoms with Gasteiger partial charge in [-0.05, 0) is 24.6 Å². The number of anilines is 1. The molecule has 1 aromatic heterocycles. The molecule has 144 valence electrons. The Morgan fingerprint density at radius 1 is 1.19 bits per heavy atom. The summed E-state index contributed by atoms with van der Waals surface area (Å²) in [4.78, 5) is 3.83. The summed E-state index contributed by atoms with van der Waals surface area (Å²) in [5.41, 5.74) is 0.638. The highest BCUT2D eigenvalue weighted by Crippen LogP contribution is 2.26. The van der Waals surface area contributed by atoms with Crippen molar-refractivity contribution in [2.75, 3.05) is 17.8 Å². The molecular formula is C15H21ClN4O4S2. The van der Waals surface area contributed by atoms with Gasteiger partial charge in [0.25, 0.3) is 10.0 Å². The van der Waals surface area contributed by atoms with Crippen LogP contribution >= 0.6 is 11.6 Å². The van der Waals surface area contributed by atoms with Crippen LogP contribution in [0.5, 0.6) is 0 Å². The number of imidazole rings is 1. The van der Waals surface area contributed by atoms with Crippen molar-refractivity contribution in [3.05, 3.63) is 35.2 Å². The van der Waals surface area contributed by atoms with Gasteiger partial charge in [0.15, 0.2) is 0 Å². The van der Waals surface area contributed by atoms with E-state index in [4.69, 9.17) is 11.6 Å². The Morgan fingerprint density at radius 2 is 1.81 bits per heavy atom. The molecule has 2 aromatic rings. The lowest BCUT2D eigenvalue weighted by Gasteiger charge is -2.20. The second-order valence-electron chi connectivity index (χ2n) is 5.63. The Labute approximate surface area is 158 Å². The predicted molar refractivity (Wildman–Crippen MR) is 100 cm³/mol. The first-order valence-electron chi connectivity index (χ1n) is 7.85.